The van der Waals surface area contributed by atoms with Crippen molar-refractivity contribution < 1.29 is 22.7 Å². The van der Waals surface area contributed by atoms with E-state index in [1.165, 1.54) is 12.4 Å². The summed E-state index contributed by atoms with van der Waals surface area (Å²) in [4.78, 5) is 26.1. The largest absolute Gasteiger partial charge is 0.393 e. The van der Waals surface area contributed by atoms with E-state index in [9.17, 15) is 22.7 Å². The van der Waals surface area contributed by atoms with Crippen LogP contribution in [0.15, 0.2) is 36.9 Å². The van der Waals surface area contributed by atoms with Crippen molar-refractivity contribution in [1.29, 1.82) is 0 Å². The van der Waals surface area contributed by atoms with Gasteiger partial charge in [-0.25, -0.2) is 27.8 Å². The number of Topliss-reactive ketones (excluding diaryl/α,β-unsaturated/α-hetero) is 1. The molecule has 3 aromatic rings. The van der Waals surface area contributed by atoms with E-state index in [1.807, 2.05) is 0 Å². The normalized spacial score (nSPS) is 23.4. The van der Waals surface area contributed by atoms with Crippen molar-refractivity contribution in [3.8, 4) is 11.4 Å². The molecule has 0 unspecified atom stereocenters. The van der Waals surface area contributed by atoms with E-state index in [2.05, 4.69) is 30.7 Å². The number of nitrogens with zero attached hydrogens (tertiary/aromatic N) is 5. The van der Waals surface area contributed by atoms with E-state index in [4.69, 9.17) is 0 Å². The van der Waals surface area contributed by atoms with Crippen LogP contribution in [0.5, 0.6) is 0 Å². The summed E-state index contributed by atoms with van der Waals surface area (Å²) >= 11 is 0. The highest BCUT2D eigenvalue weighted by atomic mass is 32.2. The quantitative estimate of drug-likeness (QED) is 0.317. The molecule has 3 heterocycles. The summed E-state index contributed by atoms with van der Waals surface area (Å²) in [7, 11) is -3.49. The fourth-order valence-electron chi connectivity index (χ4n) is 4.84. The van der Waals surface area contributed by atoms with Crippen LogP contribution in [0.4, 0.5) is 21.7 Å². The molecule has 3 aliphatic rings. The second-order valence-electron chi connectivity index (χ2n) is 10.7. The highest BCUT2D eigenvalue weighted by Crippen LogP contribution is 2.37. The van der Waals surface area contributed by atoms with Crippen molar-refractivity contribution in [3.63, 3.8) is 0 Å². The summed E-state index contributed by atoms with van der Waals surface area (Å²) in [6, 6.07) is 3.38. The Morgan fingerprint density at radius 2 is 1.87 bits per heavy atom. The number of ketones is 1. The molecule has 0 bridgehead atoms. The number of carbonyl (C=O) groups is 1. The number of aliphatic hydroxyl groups is 1. The van der Waals surface area contributed by atoms with Crippen molar-refractivity contribution >= 4 is 33.1 Å². The molecular formula is C26H30FN7O4S. The molecule has 3 saturated carbocycles. The molecule has 0 atom stereocenters. The number of halogens is 1. The van der Waals surface area contributed by atoms with Crippen molar-refractivity contribution in [1.82, 2.24) is 24.1 Å². The predicted molar refractivity (Wildman–Crippen MR) is 142 cm³/mol. The maximum absolute atomic E-state index is 14.5. The molecule has 3 fully saturated rings. The lowest BCUT2D eigenvalue weighted by atomic mass is 9.84. The summed E-state index contributed by atoms with van der Waals surface area (Å²) in [5.41, 5.74) is 0.0623. The minimum absolute atomic E-state index is 0.0134. The van der Waals surface area contributed by atoms with Gasteiger partial charge in [0, 0.05) is 30.4 Å². The number of rotatable bonds is 10. The molecule has 206 valence electrons. The molecule has 0 aromatic carbocycles. The molecule has 0 saturated heterocycles. The number of nitrogens with one attached hydrogen (secondary N) is 2. The van der Waals surface area contributed by atoms with Gasteiger partial charge in [-0.2, -0.15) is 9.19 Å². The summed E-state index contributed by atoms with van der Waals surface area (Å²) in [5, 5.41) is 19.5. The predicted octanol–water partition coefficient (Wildman–Crippen LogP) is 3.47. The summed E-state index contributed by atoms with van der Waals surface area (Å²) in [6.45, 7) is -0.480. The van der Waals surface area contributed by atoms with Crippen molar-refractivity contribution in [2.75, 3.05) is 17.2 Å². The number of pyridine rings is 1. The van der Waals surface area contributed by atoms with Crippen LogP contribution in [-0.2, 0) is 10.0 Å². The molecule has 6 rings (SSSR count). The van der Waals surface area contributed by atoms with Crippen molar-refractivity contribution in [2.45, 2.75) is 68.3 Å². The van der Waals surface area contributed by atoms with Gasteiger partial charge in [-0.3, -0.25) is 4.79 Å². The molecule has 0 radical (unpaired) electrons. The number of carbonyl (C=O) groups excluding carboxylic acids is 1. The average Bonchev–Trinajstić information content (AvgIpc) is 3.88. The summed E-state index contributed by atoms with van der Waals surface area (Å²) < 4.78 is 40.4. The molecule has 3 aromatic heterocycles. The van der Waals surface area contributed by atoms with Gasteiger partial charge in [-0.1, -0.05) is 0 Å². The second-order valence-corrected chi connectivity index (χ2v) is 12.8. The van der Waals surface area contributed by atoms with Gasteiger partial charge in [0.2, 0.25) is 0 Å². The van der Waals surface area contributed by atoms with Crippen LogP contribution in [0.3, 0.4) is 0 Å². The zero-order valence-electron chi connectivity index (χ0n) is 21.3. The Hall–Kier alpha value is -3.45. The Morgan fingerprint density at radius 3 is 2.56 bits per heavy atom. The van der Waals surface area contributed by atoms with E-state index in [1.54, 1.807) is 24.5 Å². The first-order valence-electron chi connectivity index (χ1n) is 13.2. The van der Waals surface area contributed by atoms with Crippen LogP contribution < -0.4 is 10.6 Å². The second kappa shape index (κ2) is 9.94. The van der Waals surface area contributed by atoms with Gasteiger partial charge in [-0.05, 0) is 57.4 Å². The third-order valence-electron chi connectivity index (χ3n) is 7.58. The summed E-state index contributed by atoms with van der Waals surface area (Å²) in [5.74, 6) is 1.24. The van der Waals surface area contributed by atoms with Gasteiger partial charge in [-0.15, -0.1) is 0 Å². The van der Waals surface area contributed by atoms with Gasteiger partial charge in [0.1, 0.15) is 17.3 Å². The van der Waals surface area contributed by atoms with E-state index < -0.39 is 22.3 Å². The lowest BCUT2D eigenvalue weighted by molar-refractivity contribution is 0.0337. The molecule has 0 amide bonds. The van der Waals surface area contributed by atoms with Gasteiger partial charge in [0.15, 0.2) is 11.6 Å². The Labute approximate surface area is 225 Å². The van der Waals surface area contributed by atoms with Crippen molar-refractivity contribution in [2.24, 2.45) is 5.92 Å². The molecule has 0 aliphatic heterocycles. The maximum Gasteiger partial charge on any atom is 0.256 e. The first-order chi connectivity index (χ1) is 18.7. The Balaban J connectivity index is 1.21. The number of hydrogen-bond acceptors (Lipinski definition) is 10. The molecule has 39 heavy (non-hydrogen) atoms. The van der Waals surface area contributed by atoms with Crippen LogP contribution in [0.25, 0.3) is 11.4 Å². The van der Waals surface area contributed by atoms with Gasteiger partial charge < -0.3 is 15.7 Å². The summed E-state index contributed by atoms with van der Waals surface area (Å²) in [6.07, 6.45) is 10.5. The fourth-order valence-corrected chi connectivity index (χ4v) is 6.32. The van der Waals surface area contributed by atoms with E-state index in [0.29, 0.717) is 60.0 Å². The standard InChI is InChI=1S/C26H30FN7O4S/c27-26(15-35)8-5-18(6-9-26)31-21-11-23(29-13-20(21)24(36)16-1-2-16)32-22-7-10-28-25(33-22)17-12-30-34(14-17)39(37,38)19-3-4-19/h7,10-14,16,18-19,35H,1-6,8-9,15H2,(H2,28,29,31,32,33). The Morgan fingerprint density at radius 1 is 1.10 bits per heavy atom. The molecule has 3 N–H and O–H groups in total. The molecule has 3 aliphatic carbocycles. The molecular weight excluding hydrogens is 525 g/mol. The lowest BCUT2D eigenvalue weighted by Gasteiger charge is -2.33. The van der Waals surface area contributed by atoms with Gasteiger partial charge >= 0.3 is 0 Å². The van der Waals surface area contributed by atoms with E-state index in [-0.39, 0.29) is 35.8 Å². The zero-order valence-corrected chi connectivity index (χ0v) is 22.1. The average molecular weight is 556 g/mol. The Bertz CT molecular complexity index is 1500. The number of hydrogen-bond donors (Lipinski definition) is 3. The molecule has 0 spiro atoms. The third-order valence-corrected chi connectivity index (χ3v) is 9.61. The SMILES string of the molecule is O=C(c1cnc(Nc2ccnc(-c3cnn(S(=O)(=O)C4CC4)c3)n2)cc1NC1CCC(F)(CO)CC1)C1CC1. The van der Waals surface area contributed by atoms with Crippen LogP contribution >= 0.6 is 0 Å². The van der Waals surface area contributed by atoms with Gasteiger partial charge in [0.25, 0.3) is 10.0 Å². The number of aromatic nitrogens is 5. The Kier molecular flexibility index (Phi) is 6.58. The highest BCUT2D eigenvalue weighted by Gasteiger charge is 2.38. The fraction of sp³-hybridized carbons (Fsp3) is 0.500. The smallest absolute Gasteiger partial charge is 0.256 e. The van der Waals surface area contributed by atoms with Gasteiger partial charge in [0.05, 0.1) is 41.1 Å². The number of anilines is 3. The molecule has 13 heteroatoms. The number of alkyl halides is 1. The zero-order chi connectivity index (χ0) is 27.2. The third kappa shape index (κ3) is 5.50. The minimum Gasteiger partial charge on any atom is -0.393 e. The van der Waals surface area contributed by atoms with Crippen LogP contribution in [0.2, 0.25) is 0 Å². The topological polar surface area (TPSA) is 152 Å². The van der Waals surface area contributed by atoms with E-state index in [0.717, 1.165) is 16.9 Å². The molecule has 11 nitrogen and oxygen atoms in total. The minimum atomic E-state index is -3.49. The first kappa shape index (κ1) is 25.8. The monoisotopic (exact) mass is 555 g/mol. The van der Waals surface area contributed by atoms with Crippen molar-refractivity contribution in [3.05, 3.63) is 42.5 Å². The first-order valence-corrected chi connectivity index (χ1v) is 14.7. The van der Waals surface area contributed by atoms with E-state index >= 15 is 0 Å². The number of aliphatic hydroxyl groups excluding tert-OH is 1. The van der Waals surface area contributed by atoms with Crippen LogP contribution in [0, 0.1) is 5.92 Å². The lowest BCUT2D eigenvalue weighted by Crippen LogP contribution is -2.37. The maximum atomic E-state index is 14.5. The van der Waals surface area contributed by atoms with Crippen LogP contribution in [-0.4, -0.2) is 67.0 Å². The van der Waals surface area contributed by atoms with Crippen LogP contribution in [0.1, 0.15) is 61.7 Å². The highest BCUT2D eigenvalue weighted by molar-refractivity contribution is 7.90.